The second-order valence-electron chi connectivity index (χ2n) is 4.44. The largest absolute Gasteiger partial charge is 0.384 e. The summed E-state index contributed by atoms with van der Waals surface area (Å²) < 4.78 is 39.1. The van der Waals surface area contributed by atoms with Gasteiger partial charge in [-0.1, -0.05) is 6.92 Å². The molecule has 2 rings (SSSR count). The average molecular weight is 268 g/mol. The number of aromatic nitrogens is 1. The number of fused-ring (bicyclic) bond motifs is 1. The minimum atomic E-state index is -2.67. The number of benzene rings is 1. The lowest BCUT2D eigenvalue weighted by molar-refractivity contribution is 0.146. The van der Waals surface area contributed by atoms with E-state index in [9.17, 15) is 13.2 Å². The molecule has 0 aliphatic rings. The van der Waals surface area contributed by atoms with E-state index in [1.165, 1.54) is 12.1 Å². The Morgan fingerprint density at radius 2 is 2.00 bits per heavy atom. The Morgan fingerprint density at radius 1 is 1.26 bits per heavy atom. The molecule has 0 spiro atoms. The summed E-state index contributed by atoms with van der Waals surface area (Å²) in [6.45, 7) is 4.28. The third kappa shape index (κ3) is 2.80. The number of alkyl halides is 2. The van der Waals surface area contributed by atoms with Crippen LogP contribution in [0.5, 0.6) is 0 Å². The van der Waals surface area contributed by atoms with E-state index >= 15 is 0 Å². The summed E-state index contributed by atoms with van der Waals surface area (Å²) in [6.07, 6.45) is -1.80. The third-order valence-electron chi connectivity index (χ3n) is 2.90. The molecule has 0 bridgehead atoms. The molecule has 1 aromatic carbocycles. The predicted octanol–water partition coefficient (Wildman–Crippen LogP) is 4.44. The Bertz CT molecular complexity index is 597. The molecule has 0 saturated heterocycles. The van der Waals surface area contributed by atoms with E-state index in [1.807, 2.05) is 6.92 Å². The van der Waals surface area contributed by atoms with Crippen LogP contribution < -0.4 is 5.32 Å². The molecule has 1 heterocycles. The summed E-state index contributed by atoms with van der Waals surface area (Å²) in [5, 5.41) is 3.75. The molecule has 5 heteroatoms. The van der Waals surface area contributed by atoms with Gasteiger partial charge in [0.2, 0.25) is 0 Å². The number of nitrogens with one attached hydrogen (secondary N) is 1. The maximum absolute atomic E-state index is 13.5. The van der Waals surface area contributed by atoms with Gasteiger partial charge in [-0.25, -0.2) is 18.2 Å². The van der Waals surface area contributed by atoms with Gasteiger partial charge >= 0.3 is 0 Å². The molecule has 0 fully saturated rings. The first-order chi connectivity index (χ1) is 9.02. The van der Waals surface area contributed by atoms with Crippen LogP contribution in [-0.2, 0) is 0 Å². The molecule has 0 aliphatic heterocycles. The normalized spacial score (nSPS) is 11.3. The summed E-state index contributed by atoms with van der Waals surface area (Å²) >= 11 is 0. The first kappa shape index (κ1) is 13.6. The highest BCUT2D eigenvalue weighted by Gasteiger charge is 2.14. The van der Waals surface area contributed by atoms with Crippen molar-refractivity contribution in [1.29, 1.82) is 0 Å². The predicted molar refractivity (Wildman–Crippen MR) is 70.2 cm³/mol. The zero-order chi connectivity index (χ0) is 14.0. The van der Waals surface area contributed by atoms with Crippen molar-refractivity contribution >= 4 is 16.6 Å². The van der Waals surface area contributed by atoms with Crippen molar-refractivity contribution in [2.45, 2.75) is 26.7 Å². The van der Waals surface area contributed by atoms with E-state index in [1.54, 1.807) is 13.0 Å². The van der Waals surface area contributed by atoms with Crippen molar-refractivity contribution in [3.8, 4) is 0 Å². The second kappa shape index (κ2) is 5.47. The molecule has 2 aromatic rings. The number of pyridine rings is 1. The average Bonchev–Trinajstić information content (AvgIpc) is 2.37. The number of nitrogens with zero attached hydrogens (tertiary/aromatic N) is 1. The summed E-state index contributed by atoms with van der Waals surface area (Å²) in [6, 6.07) is 4.17. The number of aryl methyl sites for hydroxylation is 1. The van der Waals surface area contributed by atoms with E-state index in [2.05, 4.69) is 10.3 Å². The van der Waals surface area contributed by atoms with Crippen molar-refractivity contribution in [2.75, 3.05) is 11.9 Å². The molecule has 19 heavy (non-hydrogen) atoms. The molecule has 0 radical (unpaired) electrons. The van der Waals surface area contributed by atoms with Crippen molar-refractivity contribution in [2.24, 2.45) is 0 Å². The van der Waals surface area contributed by atoms with Crippen LogP contribution in [0.15, 0.2) is 18.2 Å². The van der Waals surface area contributed by atoms with Crippen LogP contribution in [0.1, 0.15) is 31.0 Å². The number of hydrogen-bond donors (Lipinski definition) is 1. The topological polar surface area (TPSA) is 24.9 Å². The fraction of sp³-hybridized carbons (Fsp3) is 0.357. The fourth-order valence-corrected chi connectivity index (χ4v) is 1.89. The molecule has 1 aromatic heterocycles. The van der Waals surface area contributed by atoms with Gasteiger partial charge in [-0.05, 0) is 31.0 Å². The Hall–Kier alpha value is -1.78. The Balaban J connectivity index is 2.63. The van der Waals surface area contributed by atoms with Crippen LogP contribution in [0.25, 0.3) is 10.9 Å². The maximum Gasteiger partial charge on any atom is 0.280 e. The Labute approximate surface area is 109 Å². The molecule has 2 nitrogen and oxygen atoms in total. The molecule has 1 N–H and O–H groups in total. The van der Waals surface area contributed by atoms with Gasteiger partial charge in [0.25, 0.3) is 6.43 Å². The third-order valence-corrected chi connectivity index (χ3v) is 2.90. The molecule has 0 amide bonds. The van der Waals surface area contributed by atoms with Gasteiger partial charge in [0, 0.05) is 23.7 Å². The van der Waals surface area contributed by atoms with Gasteiger partial charge in [-0.15, -0.1) is 0 Å². The quantitative estimate of drug-likeness (QED) is 0.886. The smallest absolute Gasteiger partial charge is 0.280 e. The van der Waals surface area contributed by atoms with Gasteiger partial charge in [0.05, 0.1) is 5.52 Å². The number of halogens is 3. The van der Waals surface area contributed by atoms with Crippen LogP contribution in [0.3, 0.4) is 0 Å². The highest BCUT2D eigenvalue weighted by Crippen LogP contribution is 2.29. The second-order valence-corrected chi connectivity index (χ2v) is 4.44. The zero-order valence-corrected chi connectivity index (χ0v) is 10.8. The standard InChI is InChI=1S/C14H15F3N2/c1-3-4-18-11-7-13(14(16)17)19-12-6-10(15)8(2)5-9(11)12/h5-7,14H,3-4H2,1-2H3,(H,18,19). The monoisotopic (exact) mass is 268 g/mol. The van der Waals surface area contributed by atoms with Crippen LogP contribution in [-0.4, -0.2) is 11.5 Å². The van der Waals surface area contributed by atoms with Crippen LogP contribution in [0, 0.1) is 12.7 Å². The van der Waals surface area contributed by atoms with E-state index < -0.39 is 12.2 Å². The minimum Gasteiger partial charge on any atom is -0.384 e. The summed E-state index contributed by atoms with van der Waals surface area (Å²) in [7, 11) is 0. The molecule has 0 unspecified atom stereocenters. The lowest BCUT2D eigenvalue weighted by atomic mass is 10.1. The maximum atomic E-state index is 13.5. The molecular formula is C14H15F3N2. The van der Waals surface area contributed by atoms with Gasteiger partial charge in [-0.2, -0.15) is 0 Å². The summed E-state index contributed by atoms with van der Waals surface area (Å²) in [4.78, 5) is 3.82. The van der Waals surface area contributed by atoms with Gasteiger partial charge in [0.15, 0.2) is 0 Å². The number of rotatable bonds is 4. The molecule has 0 atom stereocenters. The molecule has 0 aliphatic carbocycles. The van der Waals surface area contributed by atoms with Gasteiger partial charge in [0.1, 0.15) is 11.5 Å². The summed E-state index contributed by atoms with van der Waals surface area (Å²) in [5.41, 5.74) is 0.956. The number of anilines is 1. The molecular weight excluding hydrogens is 253 g/mol. The zero-order valence-electron chi connectivity index (χ0n) is 10.8. The Kier molecular flexibility index (Phi) is 3.93. The molecule has 102 valence electrons. The number of hydrogen-bond acceptors (Lipinski definition) is 2. The van der Waals surface area contributed by atoms with Crippen molar-refractivity contribution in [3.05, 3.63) is 35.3 Å². The Morgan fingerprint density at radius 3 is 2.63 bits per heavy atom. The van der Waals surface area contributed by atoms with E-state index in [4.69, 9.17) is 0 Å². The van der Waals surface area contributed by atoms with E-state index in [0.29, 0.717) is 23.2 Å². The molecule has 0 saturated carbocycles. The highest BCUT2D eigenvalue weighted by molar-refractivity contribution is 5.92. The van der Waals surface area contributed by atoms with E-state index in [-0.39, 0.29) is 11.2 Å². The van der Waals surface area contributed by atoms with Crippen LogP contribution in [0.2, 0.25) is 0 Å². The van der Waals surface area contributed by atoms with Crippen molar-refractivity contribution in [1.82, 2.24) is 4.98 Å². The van der Waals surface area contributed by atoms with Crippen LogP contribution >= 0.6 is 0 Å². The van der Waals surface area contributed by atoms with Gasteiger partial charge in [-0.3, -0.25) is 0 Å². The lowest BCUT2D eigenvalue weighted by Gasteiger charge is -2.12. The van der Waals surface area contributed by atoms with E-state index in [0.717, 1.165) is 6.42 Å². The van der Waals surface area contributed by atoms with Gasteiger partial charge < -0.3 is 5.32 Å². The first-order valence-corrected chi connectivity index (χ1v) is 6.15. The van der Waals surface area contributed by atoms with Crippen LogP contribution in [0.4, 0.5) is 18.9 Å². The lowest BCUT2D eigenvalue weighted by Crippen LogP contribution is -2.03. The van der Waals surface area contributed by atoms with Crippen molar-refractivity contribution < 1.29 is 13.2 Å². The SMILES string of the molecule is CCCNc1cc(C(F)F)nc2cc(F)c(C)cc12. The highest BCUT2D eigenvalue weighted by atomic mass is 19.3. The minimum absolute atomic E-state index is 0.250. The first-order valence-electron chi connectivity index (χ1n) is 6.15. The summed E-state index contributed by atoms with van der Waals surface area (Å²) in [5.74, 6) is -0.437. The fourth-order valence-electron chi connectivity index (χ4n) is 1.89. The van der Waals surface area contributed by atoms with Crippen molar-refractivity contribution in [3.63, 3.8) is 0 Å².